The lowest BCUT2D eigenvalue weighted by atomic mass is 10.5. The van der Waals surface area contributed by atoms with E-state index < -0.39 is 10.0 Å². The lowest BCUT2D eigenvalue weighted by molar-refractivity contribution is -0.121. The number of carbonyl (C=O) groups is 1. The topological polar surface area (TPSA) is 95.2 Å². The van der Waals surface area contributed by atoms with Crippen molar-refractivity contribution < 1.29 is 13.2 Å². The Kier molecular flexibility index (Phi) is 3.91. The smallest absolute Gasteiger partial charge is 0.260 e. The molecular formula is C11H18N4O3S. The number of H-pyrrole nitrogens is 1. The van der Waals surface area contributed by atoms with Crippen molar-refractivity contribution in [3.05, 3.63) is 12.0 Å². The van der Waals surface area contributed by atoms with E-state index in [2.05, 4.69) is 15.3 Å². The highest BCUT2D eigenvalue weighted by Gasteiger charge is 2.28. The van der Waals surface area contributed by atoms with Gasteiger partial charge in [0.15, 0.2) is 5.03 Å². The average molecular weight is 286 g/mol. The van der Waals surface area contributed by atoms with Crippen molar-refractivity contribution in [2.75, 3.05) is 13.6 Å². The third-order valence-corrected chi connectivity index (χ3v) is 4.65. The molecule has 1 saturated carbocycles. The number of nitrogens with one attached hydrogen (secondary N) is 2. The zero-order valence-electron chi connectivity index (χ0n) is 11.0. The van der Waals surface area contributed by atoms with E-state index in [-0.39, 0.29) is 23.5 Å². The number of hydrogen-bond donors (Lipinski definition) is 2. The van der Waals surface area contributed by atoms with Gasteiger partial charge < -0.3 is 10.3 Å². The number of aromatic nitrogens is 2. The van der Waals surface area contributed by atoms with Crippen molar-refractivity contribution in [3.63, 3.8) is 0 Å². The Labute approximate surface area is 112 Å². The van der Waals surface area contributed by atoms with Gasteiger partial charge in [-0.15, -0.1) is 0 Å². The third-order valence-electron chi connectivity index (χ3n) is 2.94. The Morgan fingerprint density at radius 2 is 2.26 bits per heavy atom. The van der Waals surface area contributed by atoms with Crippen molar-refractivity contribution in [1.82, 2.24) is 19.6 Å². The average Bonchev–Trinajstić information content (AvgIpc) is 3.02. The van der Waals surface area contributed by atoms with Crippen LogP contribution in [0.5, 0.6) is 0 Å². The molecule has 0 aromatic carbocycles. The number of nitrogens with zero attached hydrogens (tertiary/aromatic N) is 2. The largest absolute Gasteiger partial charge is 0.352 e. The fraction of sp³-hybridized carbons (Fsp3) is 0.636. The minimum Gasteiger partial charge on any atom is -0.352 e. The van der Waals surface area contributed by atoms with Crippen molar-refractivity contribution in [2.24, 2.45) is 0 Å². The van der Waals surface area contributed by atoms with Crippen LogP contribution in [0.3, 0.4) is 0 Å². The molecule has 0 spiro atoms. The van der Waals surface area contributed by atoms with Gasteiger partial charge in [-0.3, -0.25) is 4.79 Å². The number of sulfonamides is 1. The molecule has 0 radical (unpaired) electrons. The summed E-state index contributed by atoms with van der Waals surface area (Å²) in [5.41, 5.74) is 0. The Bertz CT molecular complexity index is 562. The predicted molar refractivity (Wildman–Crippen MR) is 68.9 cm³/mol. The summed E-state index contributed by atoms with van der Waals surface area (Å²) in [5, 5.41) is 2.77. The molecule has 2 rings (SSSR count). The molecule has 0 saturated heterocycles. The molecule has 1 aliphatic rings. The van der Waals surface area contributed by atoms with Crippen LogP contribution >= 0.6 is 0 Å². The van der Waals surface area contributed by atoms with Crippen molar-refractivity contribution >= 4 is 15.9 Å². The summed E-state index contributed by atoms with van der Waals surface area (Å²) in [5.74, 6) is 0.332. The first-order valence-corrected chi connectivity index (χ1v) is 7.67. The normalized spacial score (nSPS) is 15.7. The highest BCUT2D eigenvalue weighted by atomic mass is 32.2. The Balaban J connectivity index is 2.03. The van der Waals surface area contributed by atoms with Crippen LogP contribution in [-0.4, -0.2) is 48.2 Å². The molecular weight excluding hydrogens is 268 g/mol. The predicted octanol–water partition coefficient (Wildman–Crippen LogP) is -0.129. The zero-order valence-corrected chi connectivity index (χ0v) is 11.8. The third kappa shape index (κ3) is 3.32. The first-order valence-electron chi connectivity index (χ1n) is 6.23. The van der Waals surface area contributed by atoms with Crippen molar-refractivity contribution in [3.8, 4) is 0 Å². The van der Waals surface area contributed by atoms with Crippen LogP contribution < -0.4 is 5.32 Å². The highest BCUT2D eigenvalue weighted by molar-refractivity contribution is 7.89. The monoisotopic (exact) mass is 286 g/mol. The molecule has 2 N–H and O–H groups in total. The van der Waals surface area contributed by atoms with Gasteiger partial charge >= 0.3 is 0 Å². The number of imidazole rings is 1. The summed E-state index contributed by atoms with van der Waals surface area (Å²) in [4.78, 5) is 18.3. The lowest BCUT2D eigenvalue weighted by Crippen LogP contribution is -2.39. The van der Waals surface area contributed by atoms with Crippen LogP contribution in [0.15, 0.2) is 11.2 Å². The van der Waals surface area contributed by atoms with E-state index in [0.717, 1.165) is 17.1 Å². The maximum atomic E-state index is 12.2. The maximum absolute atomic E-state index is 12.2. The van der Waals surface area contributed by atoms with Crippen LogP contribution in [0.4, 0.5) is 0 Å². The van der Waals surface area contributed by atoms with Gasteiger partial charge in [-0.1, -0.05) is 6.92 Å². The number of carbonyl (C=O) groups excluding carboxylic acids is 1. The number of aryl methyl sites for hydroxylation is 1. The van der Waals surface area contributed by atoms with Crippen molar-refractivity contribution in [1.29, 1.82) is 0 Å². The summed E-state index contributed by atoms with van der Waals surface area (Å²) in [6, 6.07) is 0.224. The number of aromatic amines is 1. The molecule has 1 aromatic heterocycles. The molecule has 8 heteroatoms. The Morgan fingerprint density at radius 1 is 1.58 bits per heavy atom. The second kappa shape index (κ2) is 5.30. The number of hydrogen-bond acceptors (Lipinski definition) is 4. The summed E-state index contributed by atoms with van der Waals surface area (Å²) in [6.07, 6.45) is 3.86. The second-order valence-corrected chi connectivity index (χ2v) is 6.66. The van der Waals surface area contributed by atoms with Gasteiger partial charge in [0.05, 0.1) is 12.7 Å². The quantitative estimate of drug-likeness (QED) is 0.761. The summed E-state index contributed by atoms with van der Waals surface area (Å²) >= 11 is 0. The molecule has 0 atom stereocenters. The van der Waals surface area contributed by atoms with E-state index in [1.165, 1.54) is 13.2 Å². The Hall–Kier alpha value is -1.41. The Morgan fingerprint density at radius 3 is 2.79 bits per heavy atom. The standard InChI is InChI=1S/C11H18N4O3S/c1-3-9-12-6-11(14-9)19(17,18)15(2)7-10(16)13-8-4-5-8/h6,8H,3-5,7H2,1-2H3,(H,12,14)(H,13,16). The van der Waals surface area contributed by atoms with E-state index >= 15 is 0 Å². The minimum absolute atomic E-state index is 0.0195. The fourth-order valence-corrected chi connectivity index (χ4v) is 2.67. The zero-order chi connectivity index (χ0) is 14.0. The number of likely N-dealkylation sites (N-methyl/N-ethyl adjacent to an activating group) is 1. The molecule has 106 valence electrons. The lowest BCUT2D eigenvalue weighted by Gasteiger charge is -2.15. The molecule has 1 amide bonds. The molecule has 1 fully saturated rings. The van der Waals surface area contributed by atoms with Crippen LogP contribution in [0.25, 0.3) is 0 Å². The van der Waals surface area contributed by atoms with E-state index in [4.69, 9.17) is 0 Å². The molecule has 0 bridgehead atoms. The molecule has 1 aliphatic carbocycles. The van der Waals surface area contributed by atoms with Crippen LogP contribution in [0, 0.1) is 0 Å². The molecule has 19 heavy (non-hydrogen) atoms. The molecule has 0 aliphatic heterocycles. The van der Waals surface area contributed by atoms with Crippen LogP contribution in [-0.2, 0) is 21.2 Å². The SMILES string of the molecule is CCc1ncc(S(=O)(=O)N(C)CC(=O)NC2CC2)[nH]1. The van der Waals surface area contributed by atoms with Gasteiger partial charge in [0.1, 0.15) is 5.82 Å². The van der Waals surface area contributed by atoms with Gasteiger partial charge in [0, 0.05) is 19.5 Å². The molecule has 7 nitrogen and oxygen atoms in total. The van der Waals surface area contributed by atoms with E-state index in [9.17, 15) is 13.2 Å². The van der Waals surface area contributed by atoms with E-state index in [1.807, 2.05) is 6.92 Å². The summed E-state index contributed by atoms with van der Waals surface area (Å²) in [7, 11) is -2.30. The molecule has 0 unspecified atom stereocenters. The van der Waals surface area contributed by atoms with E-state index in [1.54, 1.807) is 0 Å². The maximum Gasteiger partial charge on any atom is 0.260 e. The van der Waals surface area contributed by atoms with E-state index in [0.29, 0.717) is 12.2 Å². The van der Waals surface area contributed by atoms with Gasteiger partial charge in [-0.25, -0.2) is 13.4 Å². The first kappa shape index (κ1) is 14.0. The first-order chi connectivity index (χ1) is 8.93. The molecule has 1 heterocycles. The van der Waals surface area contributed by atoms with Crippen LogP contribution in [0.1, 0.15) is 25.6 Å². The minimum atomic E-state index is -3.68. The summed E-state index contributed by atoms with van der Waals surface area (Å²) < 4.78 is 25.4. The number of rotatable bonds is 6. The van der Waals surface area contributed by atoms with Crippen LogP contribution in [0.2, 0.25) is 0 Å². The van der Waals surface area contributed by atoms with Gasteiger partial charge in [-0.2, -0.15) is 4.31 Å². The highest BCUT2D eigenvalue weighted by Crippen LogP contribution is 2.18. The van der Waals surface area contributed by atoms with Gasteiger partial charge in [-0.05, 0) is 12.8 Å². The van der Waals surface area contributed by atoms with Gasteiger partial charge in [0.25, 0.3) is 10.0 Å². The summed E-state index contributed by atoms with van der Waals surface area (Å²) in [6.45, 7) is 1.70. The molecule has 1 aromatic rings. The van der Waals surface area contributed by atoms with Crippen molar-refractivity contribution in [2.45, 2.75) is 37.3 Å². The number of amides is 1. The fourth-order valence-electron chi connectivity index (χ4n) is 1.61. The second-order valence-electron chi connectivity index (χ2n) is 4.65. The van der Waals surface area contributed by atoms with Gasteiger partial charge in [0.2, 0.25) is 5.91 Å².